The second-order valence-electron chi connectivity index (χ2n) is 7.54. The Bertz CT molecular complexity index is 1380. The number of carbonyl (C=O) groups excluding carboxylic acids is 2. The number of ketones is 1. The highest BCUT2D eigenvalue weighted by atomic mass is 35.5. The van der Waals surface area contributed by atoms with Crippen molar-refractivity contribution in [3.05, 3.63) is 87.3 Å². The lowest BCUT2D eigenvalue weighted by molar-refractivity contribution is -0.113. The highest BCUT2D eigenvalue weighted by molar-refractivity contribution is 6.33. The van der Waals surface area contributed by atoms with Crippen molar-refractivity contribution in [1.29, 1.82) is 0 Å². The van der Waals surface area contributed by atoms with Gasteiger partial charge in [0.25, 0.3) is 0 Å². The predicted octanol–water partition coefficient (Wildman–Crippen LogP) is 4.50. The number of allylic oxidation sites excluding steroid dienone is 4. The summed E-state index contributed by atoms with van der Waals surface area (Å²) in [7, 11) is 0. The number of aromatic nitrogens is 1. The number of aryl methyl sites for hydroxylation is 1. The van der Waals surface area contributed by atoms with E-state index in [0.29, 0.717) is 21.5 Å². The lowest BCUT2D eigenvalue weighted by atomic mass is 9.93. The lowest BCUT2D eigenvalue weighted by Crippen LogP contribution is -2.15. The molecule has 4 rings (SSSR count). The Morgan fingerprint density at radius 1 is 1.25 bits per heavy atom. The van der Waals surface area contributed by atoms with E-state index in [-0.39, 0.29) is 46.7 Å². The van der Waals surface area contributed by atoms with Crippen LogP contribution in [0.15, 0.2) is 48.6 Å². The molecule has 1 amide bonds. The second kappa shape index (κ2) is 8.09. The Kier molecular flexibility index (Phi) is 5.44. The largest absolute Gasteiger partial charge is 0.477 e. The van der Waals surface area contributed by atoms with Gasteiger partial charge in [-0.1, -0.05) is 29.8 Å². The zero-order valence-corrected chi connectivity index (χ0v) is 17.7. The molecule has 2 aromatic carbocycles. The number of aromatic carboxylic acids is 1. The van der Waals surface area contributed by atoms with Crippen molar-refractivity contribution in [2.45, 2.75) is 19.9 Å². The van der Waals surface area contributed by atoms with Gasteiger partial charge in [-0.3, -0.25) is 9.59 Å². The first kappa shape index (κ1) is 21.5. The van der Waals surface area contributed by atoms with E-state index in [1.807, 2.05) is 0 Å². The molecule has 0 saturated carbocycles. The Hall–Kier alpha value is -3.71. The second-order valence-corrected chi connectivity index (χ2v) is 7.95. The molecule has 0 radical (unpaired) electrons. The van der Waals surface area contributed by atoms with Gasteiger partial charge in [0.2, 0.25) is 5.91 Å². The summed E-state index contributed by atoms with van der Waals surface area (Å²) in [6, 6.07) is 6.98. The molecule has 1 heterocycles. The quantitative estimate of drug-likeness (QED) is 0.594. The number of hydrogen-bond acceptors (Lipinski definition) is 3. The van der Waals surface area contributed by atoms with Crippen molar-refractivity contribution >= 4 is 45.7 Å². The third-order valence-electron chi connectivity index (χ3n) is 5.48. The maximum absolute atomic E-state index is 14.6. The van der Waals surface area contributed by atoms with Crippen LogP contribution in [0.3, 0.4) is 0 Å². The minimum Gasteiger partial charge on any atom is -0.477 e. The van der Waals surface area contributed by atoms with Crippen molar-refractivity contribution in [3.63, 3.8) is 0 Å². The number of halogens is 2. The topological polar surface area (TPSA) is 102 Å². The summed E-state index contributed by atoms with van der Waals surface area (Å²) < 4.78 is 16.0. The number of carboxylic acids is 1. The van der Waals surface area contributed by atoms with Crippen molar-refractivity contribution in [2.75, 3.05) is 0 Å². The number of amides is 1. The van der Waals surface area contributed by atoms with E-state index in [1.54, 1.807) is 37.3 Å². The molecule has 0 spiro atoms. The van der Waals surface area contributed by atoms with E-state index in [0.717, 1.165) is 6.07 Å². The zero-order chi connectivity index (χ0) is 23.2. The number of nitrogens with two attached hydrogens (primary N) is 1. The van der Waals surface area contributed by atoms with E-state index in [2.05, 4.69) is 0 Å². The van der Waals surface area contributed by atoms with Crippen LogP contribution >= 0.6 is 11.6 Å². The van der Waals surface area contributed by atoms with Gasteiger partial charge in [-0.15, -0.1) is 0 Å². The Morgan fingerprint density at radius 2 is 2.00 bits per heavy atom. The molecule has 0 atom stereocenters. The van der Waals surface area contributed by atoms with Crippen LogP contribution in [0.25, 0.3) is 16.5 Å². The van der Waals surface area contributed by atoms with Crippen LogP contribution in [0.2, 0.25) is 5.02 Å². The highest BCUT2D eigenvalue weighted by Crippen LogP contribution is 2.37. The average Bonchev–Trinajstić information content (AvgIpc) is 3.03. The summed E-state index contributed by atoms with van der Waals surface area (Å²) >= 11 is 6.33. The molecule has 3 N–H and O–H groups in total. The number of nitrogens with zero attached hydrogens (tertiary/aromatic N) is 1. The monoisotopic (exact) mass is 452 g/mol. The standard InChI is InChI=1S/C24H18ClFN2O4/c1-12-8-16-19(10-17(12)25)28(11-14-9-13(23(27)30)6-7-18(14)26)22(24(31)32)21(16)15-4-2-3-5-20(15)29/h2-4,6-10H,5,11H2,1H3,(H2,27,30)(H,31,32). The van der Waals surface area contributed by atoms with Crippen LogP contribution in [-0.4, -0.2) is 27.3 Å². The normalized spacial score (nSPS) is 13.5. The summed E-state index contributed by atoms with van der Waals surface area (Å²) in [6.07, 6.45) is 5.12. The van der Waals surface area contributed by atoms with Gasteiger partial charge in [-0.25, -0.2) is 9.18 Å². The summed E-state index contributed by atoms with van der Waals surface area (Å²) in [5, 5.41) is 11.0. The van der Waals surface area contributed by atoms with Crippen LogP contribution in [-0.2, 0) is 11.3 Å². The molecule has 162 valence electrons. The zero-order valence-electron chi connectivity index (χ0n) is 17.0. The van der Waals surface area contributed by atoms with Gasteiger partial charge >= 0.3 is 5.97 Å². The lowest BCUT2D eigenvalue weighted by Gasteiger charge is -2.12. The molecule has 1 aromatic heterocycles. The summed E-state index contributed by atoms with van der Waals surface area (Å²) in [6.45, 7) is 1.57. The Morgan fingerprint density at radius 3 is 2.66 bits per heavy atom. The van der Waals surface area contributed by atoms with Gasteiger partial charge < -0.3 is 15.4 Å². The van der Waals surface area contributed by atoms with E-state index < -0.39 is 17.7 Å². The number of primary amides is 1. The van der Waals surface area contributed by atoms with Gasteiger partial charge in [0.05, 0.1) is 12.1 Å². The van der Waals surface area contributed by atoms with Crippen molar-refractivity contribution in [2.24, 2.45) is 5.73 Å². The molecule has 1 aliphatic carbocycles. The van der Waals surface area contributed by atoms with E-state index in [4.69, 9.17) is 17.3 Å². The van der Waals surface area contributed by atoms with Crippen LogP contribution in [0, 0.1) is 12.7 Å². The van der Waals surface area contributed by atoms with Crippen LogP contribution in [0.5, 0.6) is 0 Å². The first-order valence-electron chi connectivity index (χ1n) is 9.73. The van der Waals surface area contributed by atoms with Gasteiger partial charge in [0.15, 0.2) is 5.78 Å². The third kappa shape index (κ3) is 3.61. The van der Waals surface area contributed by atoms with Crippen molar-refractivity contribution in [1.82, 2.24) is 4.57 Å². The first-order valence-corrected chi connectivity index (χ1v) is 10.1. The number of hydrogen-bond donors (Lipinski definition) is 2. The molecule has 0 saturated heterocycles. The Labute approximate surface area is 187 Å². The molecule has 0 unspecified atom stereocenters. The fourth-order valence-corrected chi connectivity index (χ4v) is 4.08. The van der Waals surface area contributed by atoms with Gasteiger partial charge in [0.1, 0.15) is 11.5 Å². The number of rotatable bonds is 5. The highest BCUT2D eigenvalue weighted by Gasteiger charge is 2.29. The third-order valence-corrected chi connectivity index (χ3v) is 5.88. The van der Waals surface area contributed by atoms with Gasteiger partial charge in [0, 0.05) is 39.1 Å². The maximum atomic E-state index is 14.6. The van der Waals surface area contributed by atoms with Crippen molar-refractivity contribution in [3.8, 4) is 0 Å². The van der Waals surface area contributed by atoms with Crippen LogP contribution in [0.4, 0.5) is 4.39 Å². The van der Waals surface area contributed by atoms with E-state index in [1.165, 1.54) is 16.7 Å². The molecule has 1 aliphatic rings. The fraction of sp³-hybridized carbons (Fsp3) is 0.125. The average molecular weight is 453 g/mol. The van der Waals surface area contributed by atoms with Crippen LogP contribution in [0.1, 0.15) is 44.0 Å². The SMILES string of the molecule is Cc1cc2c(C3=CC=CCC3=O)c(C(=O)O)n(Cc3cc(C(N)=O)ccc3F)c2cc1Cl. The number of fused-ring (bicyclic) bond motifs is 1. The van der Waals surface area contributed by atoms with Gasteiger partial charge in [-0.2, -0.15) is 0 Å². The van der Waals surface area contributed by atoms with Crippen LogP contribution < -0.4 is 5.73 Å². The molecule has 6 nitrogen and oxygen atoms in total. The number of benzene rings is 2. The minimum atomic E-state index is -1.28. The number of carboxylic acid groups (broad SMARTS) is 1. The summed E-state index contributed by atoms with van der Waals surface area (Å²) in [5.74, 6) is -2.85. The number of carbonyl (C=O) groups is 3. The molecule has 0 aliphatic heterocycles. The van der Waals surface area contributed by atoms with Gasteiger partial charge in [-0.05, 0) is 42.8 Å². The van der Waals surface area contributed by atoms with E-state index in [9.17, 15) is 23.9 Å². The number of Topliss-reactive ketones (excluding diaryl/α,β-unsaturated/α-hetero) is 1. The van der Waals surface area contributed by atoms with E-state index >= 15 is 0 Å². The minimum absolute atomic E-state index is 0.0767. The predicted molar refractivity (Wildman–Crippen MR) is 119 cm³/mol. The summed E-state index contributed by atoms with van der Waals surface area (Å²) in [5.41, 5.74) is 6.98. The molecule has 32 heavy (non-hydrogen) atoms. The molecule has 0 bridgehead atoms. The molecular formula is C24H18ClFN2O4. The smallest absolute Gasteiger partial charge is 0.353 e. The molecular weight excluding hydrogens is 435 g/mol. The van der Waals surface area contributed by atoms with Crippen molar-refractivity contribution < 1.29 is 23.9 Å². The summed E-state index contributed by atoms with van der Waals surface area (Å²) in [4.78, 5) is 36.6. The maximum Gasteiger partial charge on any atom is 0.353 e. The molecule has 3 aromatic rings. The molecule has 0 fully saturated rings. The fourth-order valence-electron chi connectivity index (χ4n) is 3.92. The Balaban J connectivity index is 2.05. The first-order chi connectivity index (χ1) is 15.2. The molecule has 8 heteroatoms.